The number of hydrogen-bond acceptors (Lipinski definition) is 4. The largest absolute Gasteiger partial charge is 0.470 e. The molecule has 8 unspecified atom stereocenters. The van der Waals surface area contributed by atoms with Crippen LogP contribution in [0.5, 0.6) is 0 Å². The zero-order chi connectivity index (χ0) is 24.8. The number of likely N-dealkylation sites (N-methyl/N-ethyl adjacent to an activating group) is 2. The number of rotatable bonds is 0. The summed E-state index contributed by atoms with van der Waals surface area (Å²) in [6.45, 7) is 21.7. The van der Waals surface area contributed by atoms with E-state index in [1.165, 1.54) is 145 Å². The van der Waals surface area contributed by atoms with E-state index < -0.39 is 0 Å². The molecule has 8 nitrogen and oxygen atoms in total. The summed E-state index contributed by atoms with van der Waals surface area (Å²) in [7, 11) is 5.05. The zero-order valence-electron chi connectivity index (χ0n) is 22.8. The summed E-state index contributed by atoms with van der Waals surface area (Å²) in [6.07, 6.45) is 8.70. The van der Waals surface area contributed by atoms with Gasteiger partial charge in [-0.2, -0.15) is 0 Å². The average molecular weight is 729 g/mol. The Balaban J connectivity index is 0.000000122. The first-order chi connectivity index (χ1) is 17.2. The highest BCUT2D eigenvalue weighted by atomic mass is 127. The molecule has 8 aliphatic heterocycles. The molecule has 206 valence electrons. The molecule has 0 aromatic carbocycles. The number of hydrogen-bond donors (Lipinski definition) is 0. The van der Waals surface area contributed by atoms with Gasteiger partial charge in [0.1, 0.15) is 0 Å². The topological polar surface area (TPSA) is 13.0 Å². The van der Waals surface area contributed by atoms with Crippen LogP contribution in [0.4, 0.5) is 0 Å². The first-order valence-electron chi connectivity index (χ1n) is 15.0. The van der Waals surface area contributed by atoms with Crippen LogP contribution in [-0.4, -0.2) is 177 Å². The molecule has 8 fully saturated rings. The fourth-order valence-corrected chi connectivity index (χ4v) is 12.3. The maximum absolute atomic E-state index is 2.83. The van der Waals surface area contributed by atoms with Crippen molar-refractivity contribution in [3.63, 3.8) is 0 Å². The maximum Gasteiger partial charge on any atom is 0.213 e. The molecule has 0 amide bonds. The molecule has 0 N–H and O–H groups in total. The predicted octanol–water partition coefficient (Wildman–Crippen LogP) is -6.38. The van der Waals surface area contributed by atoms with Crippen molar-refractivity contribution in [2.24, 2.45) is 0 Å². The third-order valence-electron chi connectivity index (χ3n) is 11.7. The number of piperazine rings is 4. The van der Waals surface area contributed by atoms with Crippen molar-refractivity contribution in [3.8, 4) is 0 Å². The lowest BCUT2D eigenvalue weighted by atomic mass is 9.96. The summed E-state index contributed by atoms with van der Waals surface area (Å²) in [4.78, 5) is 11.3. The van der Waals surface area contributed by atoms with Gasteiger partial charge in [-0.25, -0.2) is 19.6 Å². The van der Waals surface area contributed by atoms with Crippen LogP contribution < -0.4 is 45.7 Å². The fraction of sp³-hybridized carbons (Fsp3) is 1.00. The first kappa shape index (κ1) is 26.1. The van der Waals surface area contributed by atoms with Crippen LogP contribution in [0.15, 0.2) is 0 Å². The van der Waals surface area contributed by atoms with Gasteiger partial charge in [0.05, 0.1) is 92.6 Å². The van der Waals surface area contributed by atoms with E-state index in [1.807, 2.05) is 0 Å². The number of quaternary nitrogens is 4. The Kier molecular flexibility index (Phi) is 6.76. The van der Waals surface area contributed by atoms with Crippen LogP contribution in [0.2, 0.25) is 0 Å². The van der Waals surface area contributed by atoms with E-state index in [2.05, 4.69) is 79.4 Å². The van der Waals surface area contributed by atoms with Crippen molar-refractivity contribution >= 4 is 0 Å². The minimum atomic E-state index is 0.763. The Labute approximate surface area is 247 Å². The molecule has 8 atom stereocenters. The smallest absolute Gasteiger partial charge is 0.213 e. The highest BCUT2D eigenvalue weighted by Gasteiger charge is 2.62. The molecular formula is C26H50I2N8+2. The molecule has 0 aromatic heterocycles. The van der Waals surface area contributed by atoms with Crippen molar-refractivity contribution in [2.75, 3.05) is 119 Å². The molecule has 0 saturated carbocycles. The molecule has 2 radical (unpaired) electrons. The van der Waals surface area contributed by atoms with Gasteiger partial charge in [0.25, 0.3) is 0 Å². The average Bonchev–Trinajstić information content (AvgIpc) is 2.86. The minimum absolute atomic E-state index is 0.763. The van der Waals surface area contributed by atoms with Crippen LogP contribution in [0, 0.1) is 0 Å². The van der Waals surface area contributed by atoms with Gasteiger partial charge in [-0.1, -0.05) is 0 Å². The molecule has 0 aliphatic carbocycles. The van der Waals surface area contributed by atoms with E-state index >= 15 is 0 Å². The van der Waals surface area contributed by atoms with Gasteiger partial charge in [0.2, 0.25) is 12.3 Å². The molecule has 8 heterocycles. The Morgan fingerprint density at radius 1 is 0.417 bits per heavy atom. The normalized spacial score (nSPS) is 53.0. The fourth-order valence-electron chi connectivity index (χ4n) is 9.91. The van der Waals surface area contributed by atoms with E-state index in [-0.39, 0.29) is 0 Å². The van der Waals surface area contributed by atoms with Crippen molar-refractivity contribution in [1.82, 2.24) is 19.6 Å². The summed E-state index contributed by atoms with van der Waals surface area (Å²) in [5.74, 6) is 0. The lowest BCUT2D eigenvalue weighted by Crippen LogP contribution is -3.51. The van der Waals surface area contributed by atoms with Crippen LogP contribution in [0.1, 0.15) is 25.7 Å². The Morgan fingerprint density at radius 3 is 1.17 bits per heavy atom. The lowest BCUT2D eigenvalue weighted by Gasteiger charge is -2.72. The molecule has 0 spiro atoms. The van der Waals surface area contributed by atoms with Crippen LogP contribution >= 0.6 is 0 Å². The van der Waals surface area contributed by atoms with Gasteiger partial charge >= 0.3 is 0 Å². The summed E-state index contributed by atoms with van der Waals surface area (Å²) in [5, 5.41) is 0. The number of halogens is 2. The molecule has 8 rings (SSSR count). The van der Waals surface area contributed by atoms with Crippen molar-refractivity contribution in [3.05, 3.63) is 0 Å². The van der Waals surface area contributed by atoms with Gasteiger partial charge in [-0.3, -0.25) is 0 Å². The molecule has 8 aliphatic rings. The SMILES string of the molecule is C[N+]12CCCN3CC[N+]4(C)CCCN(CC1)C4C32.[I-][N+]12CCCN3CC[N+]4([I-])CCCN(CC1)C4C32. The zero-order valence-corrected chi connectivity index (χ0v) is 27.1. The summed E-state index contributed by atoms with van der Waals surface area (Å²) in [5.41, 5.74) is 0. The van der Waals surface area contributed by atoms with Crippen molar-refractivity contribution in [1.29, 1.82) is 0 Å². The highest BCUT2D eigenvalue weighted by molar-refractivity contribution is 4.88. The van der Waals surface area contributed by atoms with Gasteiger partial charge in [-0.05, 0) is 0 Å². The minimum Gasteiger partial charge on any atom is -0.470 e. The second kappa shape index (κ2) is 9.34. The van der Waals surface area contributed by atoms with Crippen LogP contribution in [0.3, 0.4) is 0 Å². The first-order valence-corrected chi connectivity index (χ1v) is 17.0. The second-order valence-corrected chi connectivity index (χ2v) is 17.7. The van der Waals surface area contributed by atoms with Crippen LogP contribution in [0.25, 0.3) is 0 Å². The standard InChI is InChI=1S/C14H28N4.C12H22I2N4/c1-17-9-3-5-15-8-12-18(2)10-4-6-16(7-11-17)14(18)13(15)17;13-17-7-1-3-15-5-10-18(14)8-2-4-16(6-9-17)12(18)11(15)17/h13-14H,3-12H2,1-2H3;11-12H,1-10H2/q+2;. The van der Waals surface area contributed by atoms with E-state index in [0.29, 0.717) is 0 Å². The highest BCUT2D eigenvalue weighted by Crippen LogP contribution is 2.39. The lowest BCUT2D eigenvalue weighted by molar-refractivity contribution is -1.37. The third kappa shape index (κ3) is 4.00. The summed E-state index contributed by atoms with van der Waals surface area (Å²) in [6, 6.07) is 0. The van der Waals surface area contributed by atoms with E-state index in [9.17, 15) is 0 Å². The summed E-state index contributed by atoms with van der Waals surface area (Å²) < 4.78 is 5.24. The Morgan fingerprint density at radius 2 is 0.750 bits per heavy atom. The summed E-state index contributed by atoms with van der Waals surface area (Å²) >= 11 is 5.56. The monoisotopic (exact) mass is 728 g/mol. The molecule has 10 heteroatoms. The van der Waals surface area contributed by atoms with Gasteiger partial charge < -0.3 is 60.1 Å². The Hall–Kier alpha value is 1.14. The molecule has 0 bridgehead atoms. The van der Waals surface area contributed by atoms with Crippen molar-refractivity contribution < 1.29 is 60.1 Å². The van der Waals surface area contributed by atoms with E-state index in [4.69, 9.17) is 0 Å². The predicted molar refractivity (Wildman–Crippen MR) is 132 cm³/mol. The van der Waals surface area contributed by atoms with E-state index in [1.54, 1.807) is 0 Å². The molecular weight excluding hydrogens is 678 g/mol. The van der Waals surface area contributed by atoms with Gasteiger partial charge in [0.15, 0.2) is 12.3 Å². The molecule has 8 saturated heterocycles. The van der Waals surface area contributed by atoms with Gasteiger partial charge in [0, 0.05) is 51.9 Å². The molecule has 36 heavy (non-hydrogen) atoms. The third-order valence-corrected chi connectivity index (χ3v) is 14.8. The number of nitrogens with zero attached hydrogens (tertiary/aromatic N) is 8. The molecule has 0 aromatic rings. The quantitative estimate of drug-likeness (QED) is 0.140. The van der Waals surface area contributed by atoms with E-state index in [0.717, 1.165) is 24.7 Å². The second-order valence-electron chi connectivity index (χ2n) is 13.8. The van der Waals surface area contributed by atoms with Gasteiger partial charge in [-0.15, -0.1) is 0 Å². The Bertz CT molecular complexity index is 730. The van der Waals surface area contributed by atoms with Crippen LogP contribution in [-0.2, 0) is 0 Å². The van der Waals surface area contributed by atoms with Crippen molar-refractivity contribution in [2.45, 2.75) is 50.3 Å². The maximum atomic E-state index is 2.83.